The van der Waals surface area contributed by atoms with Crippen LogP contribution in [0.5, 0.6) is 5.75 Å². The van der Waals surface area contributed by atoms with E-state index < -0.39 is 47.9 Å². The number of rotatable bonds is 11. The van der Waals surface area contributed by atoms with Gasteiger partial charge in [0.1, 0.15) is 23.9 Å². The number of phenols is 1. The average molecular weight is 471 g/mol. The third kappa shape index (κ3) is 8.21. The number of carboxylic acids is 1. The van der Waals surface area contributed by atoms with Gasteiger partial charge >= 0.3 is 5.97 Å². The third-order valence-electron chi connectivity index (χ3n) is 5.13. The van der Waals surface area contributed by atoms with Crippen molar-refractivity contribution in [3.63, 3.8) is 0 Å². The lowest BCUT2D eigenvalue weighted by Crippen LogP contribution is -2.56. The predicted molar refractivity (Wildman–Crippen MR) is 125 cm³/mol. The van der Waals surface area contributed by atoms with E-state index in [0.717, 1.165) is 5.56 Å². The fraction of sp³-hybridized carbons (Fsp3) is 0.333. The van der Waals surface area contributed by atoms with Crippen LogP contribution in [0.15, 0.2) is 54.6 Å². The topological polar surface area (TPSA) is 171 Å². The molecule has 0 fully saturated rings. The smallest absolute Gasteiger partial charge is 0.325 e. The number of phenolic OH excluding ortho intramolecular Hbond substituents is 1. The van der Waals surface area contributed by atoms with Crippen molar-refractivity contribution in [2.24, 2.45) is 5.73 Å². The van der Waals surface area contributed by atoms with E-state index >= 15 is 0 Å². The van der Waals surface area contributed by atoms with Crippen molar-refractivity contribution in [2.75, 3.05) is 0 Å². The van der Waals surface area contributed by atoms with Gasteiger partial charge in [0.05, 0.1) is 6.04 Å². The Morgan fingerprint density at radius 2 is 1.32 bits per heavy atom. The maximum Gasteiger partial charge on any atom is 0.325 e. The van der Waals surface area contributed by atoms with E-state index in [2.05, 4.69) is 16.0 Å². The minimum atomic E-state index is -1.23. The summed E-state index contributed by atoms with van der Waals surface area (Å²) in [5.41, 5.74) is 7.46. The summed E-state index contributed by atoms with van der Waals surface area (Å²) in [6.45, 7) is 2.76. The van der Waals surface area contributed by atoms with Gasteiger partial charge in [-0.25, -0.2) is 0 Å². The van der Waals surface area contributed by atoms with Crippen molar-refractivity contribution in [3.8, 4) is 5.75 Å². The number of nitrogens with one attached hydrogen (secondary N) is 3. The normalized spacial score (nSPS) is 14.2. The van der Waals surface area contributed by atoms with Crippen LogP contribution < -0.4 is 21.7 Å². The number of aliphatic carboxylic acids is 1. The Hall–Kier alpha value is -3.92. The van der Waals surface area contributed by atoms with Crippen molar-refractivity contribution >= 4 is 23.7 Å². The Labute approximate surface area is 197 Å². The van der Waals surface area contributed by atoms with Gasteiger partial charge in [-0.05, 0) is 43.5 Å². The van der Waals surface area contributed by atoms with Gasteiger partial charge in [0.15, 0.2) is 0 Å². The fourth-order valence-electron chi connectivity index (χ4n) is 3.10. The third-order valence-corrected chi connectivity index (χ3v) is 5.13. The van der Waals surface area contributed by atoms with Crippen LogP contribution in [0.4, 0.5) is 0 Å². The molecule has 2 aromatic carbocycles. The molecule has 4 atom stereocenters. The Balaban J connectivity index is 2.03. The highest BCUT2D eigenvalue weighted by atomic mass is 16.4. The zero-order valence-corrected chi connectivity index (χ0v) is 19.0. The van der Waals surface area contributed by atoms with Gasteiger partial charge in [-0.2, -0.15) is 0 Å². The van der Waals surface area contributed by atoms with Crippen molar-refractivity contribution < 1.29 is 29.4 Å². The Morgan fingerprint density at radius 1 is 0.765 bits per heavy atom. The highest BCUT2D eigenvalue weighted by molar-refractivity contribution is 5.94. The Morgan fingerprint density at radius 3 is 1.91 bits per heavy atom. The molecule has 0 spiro atoms. The van der Waals surface area contributed by atoms with Gasteiger partial charge < -0.3 is 31.9 Å². The number of amides is 3. The molecule has 2 aromatic rings. The quantitative estimate of drug-likeness (QED) is 0.270. The molecule has 0 aromatic heterocycles. The van der Waals surface area contributed by atoms with Gasteiger partial charge in [-0.3, -0.25) is 19.2 Å². The number of aromatic hydroxyl groups is 1. The summed E-state index contributed by atoms with van der Waals surface area (Å²) < 4.78 is 0. The molecule has 3 amide bonds. The Bertz CT molecular complexity index is 996. The molecule has 34 heavy (non-hydrogen) atoms. The van der Waals surface area contributed by atoms with Crippen LogP contribution in [-0.2, 0) is 32.0 Å². The molecule has 7 N–H and O–H groups in total. The maximum absolute atomic E-state index is 12.7. The number of carboxylic acid groups (broad SMARTS) is 1. The van der Waals surface area contributed by atoms with Gasteiger partial charge in [0.25, 0.3) is 0 Å². The van der Waals surface area contributed by atoms with Crippen LogP contribution >= 0.6 is 0 Å². The number of carbonyl (C=O) groups excluding carboxylic acids is 3. The van der Waals surface area contributed by atoms with Crippen LogP contribution in [0.1, 0.15) is 25.0 Å². The van der Waals surface area contributed by atoms with Crippen molar-refractivity contribution in [1.82, 2.24) is 16.0 Å². The van der Waals surface area contributed by atoms with Gasteiger partial charge in [0, 0.05) is 6.42 Å². The molecular formula is C24H30N4O6. The van der Waals surface area contributed by atoms with E-state index in [0.29, 0.717) is 12.0 Å². The molecule has 2 rings (SSSR count). The summed E-state index contributed by atoms with van der Waals surface area (Å²) in [5.74, 6) is -3.05. The monoisotopic (exact) mass is 470 g/mol. The zero-order chi connectivity index (χ0) is 25.3. The van der Waals surface area contributed by atoms with Gasteiger partial charge in [0.2, 0.25) is 17.7 Å². The summed E-state index contributed by atoms with van der Waals surface area (Å²) in [7, 11) is 0. The van der Waals surface area contributed by atoms with Crippen molar-refractivity contribution in [1.29, 1.82) is 0 Å². The van der Waals surface area contributed by atoms with Crippen LogP contribution in [-0.4, -0.2) is 58.1 Å². The molecule has 10 nitrogen and oxygen atoms in total. The molecule has 182 valence electrons. The molecular weight excluding hydrogens is 440 g/mol. The molecule has 4 unspecified atom stereocenters. The van der Waals surface area contributed by atoms with Crippen LogP contribution in [0, 0.1) is 0 Å². The summed E-state index contributed by atoms with van der Waals surface area (Å²) in [6.07, 6.45) is 0.332. The minimum Gasteiger partial charge on any atom is -0.508 e. The van der Waals surface area contributed by atoms with Crippen LogP contribution in [0.2, 0.25) is 0 Å². The summed E-state index contributed by atoms with van der Waals surface area (Å²) >= 11 is 0. The van der Waals surface area contributed by atoms with Gasteiger partial charge in [-0.1, -0.05) is 42.5 Å². The van der Waals surface area contributed by atoms with Crippen molar-refractivity contribution in [2.45, 2.75) is 50.9 Å². The number of hydrogen-bond donors (Lipinski definition) is 6. The fourth-order valence-corrected chi connectivity index (χ4v) is 3.10. The highest BCUT2D eigenvalue weighted by Gasteiger charge is 2.27. The molecule has 0 aliphatic rings. The summed E-state index contributed by atoms with van der Waals surface area (Å²) in [5, 5.41) is 26.0. The Kier molecular flexibility index (Phi) is 9.57. The summed E-state index contributed by atoms with van der Waals surface area (Å²) in [6, 6.07) is 11.1. The first-order chi connectivity index (χ1) is 16.1. The van der Waals surface area contributed by atoms with Crippen molar-refractivity contribution in [3.05, 3.63) is 65.7 Å². The molecule has 0 aliphatic heterocycles. The van der Waals surface area contributed by atoms with E-state index in [4.69, 9.17) is 10.8 Å². The predicted octanol–water partition coefficient (Wildman–Crippen LogP) is 0.0835. The second kappa shape index (κ2) is 12.4. The molecule has 0 saturated carbocycles. The first kappa shape index (κ1) is 26.3. The number of nitrogens with two attached hydrogens (primary N) is 1. The van der Waals surface area contributed by atoms with E-state index in [1.807, 2.05) is 30.3 Å². The van der Waals surface area contributed by atoms with Gasteiger partial charge in [-0.15, -0.1) is 0 Å². The lowest BCUT2D eigenvalue weighted by molar-refractivity contribution is -0.141. The van der Waals surface area contributed by atoms with Crippen LogP contribution in [0.25, 0.3) is 0 Å². The first-order valence-electron chi connectivity index (χ1n) is 10.8. The number of hydrogen-bond acceptors (Lipinski definition) is 6. The molecule has 0 heterocycles. The second-order valence-electron chi connectivity index (χ2n) is 8.03. The zero-order valence-electron chi connectivity index (χ0n) is 19.0. The standard InChI is InChI=1S/C24H30N4O6/c1-14(26-22(31)19(25)12-16-6-4-3-5-7-16)21(30)28-20(23(32)27-15(2)24(33)34)13-17-8-10-18(29)11-9-17/h3-11,14-15,19-20,29H,12-13,25H2,1-2H3,(H,26,31)(H,27,32)(H,28,30)(H,33,34). The first-order valence-corrected chi connectivity index (χ1v) is 10.8. The molecule has 0 bridgehead atoms. The summed E-state index contributed by atoms with van der Waals surface area (Å²) in [4.78, 5) is 49.0. The minimum absolute atomic E-state index is 0.0384. The highest BCUT2D eigenvalue weighted by Crippen LogP contribution is 2.12. The molecule has 10 heteroatoms. The SMILES string of the molecule is CC(NC(=O)C(Cc1ccc(O)cc1)NC(=O)C(C)NC(=O)C(N)Cc1ccccc1)C(=O)O. The largest absolute Gasteiger partial charge is 0.508 e. The van der Waals surface area contributed by atoms with E-state index in [9.17, 15) is 24.3 Å². The second-order valence-corrected chi connectivity index (χ2v) is 8.03. The molecule has 0 saturated heterocycles. The van der Waals surface area contributed by atoms with E-state index in [1.54, 1.807) is 12.1 Å². The van der Waals surface area contributed by atoms with Crippen LogP contribution in [0.3, 0.4) is 0 Å². The lowest BCUT2D eigenvalue weighted by atomic mass is 10.0. The number of carbonyl (C=O) groups is 4. The maximum atomic E-state index is 12.7. The van der Waals surface area contributed by atoms with E-state index in [1.165, 1.54) is 26.0 Å². The number of benzene rings is 2. The molecule has 0 radical (unpaired) electrons. The lowest BCUT2D eigenvalue weighted by Gasteiger charge is -2.23. The average Bonchev–Trinajstić information content (AvgIpc) is 2.80. The molecule has 0 aliphatic carbocycles. The van der Waals surface area contributed by atoms with E-state index in [-0.39, 0.29) is 12.2 Å².